The number of halogens is 1. The van der Waals surface area contributed by atoms with Crippen molar-refractivity contribution in [1.29, 1.82) is 0 Å². The van der Waals surface area contributed by atoms with Gasteiger partial charge in [-0.05, 0) is 24.8 Å². The Hall–Kier alpha value is -1.00. The summed E-state index contributed by atoms with van der Waals surface area (Å²) in [7, 11) is 0. The molecule has 0 spiro atoms. The molecule has 16 heavy (non-hydrogen) atoms. The number of rotatable bonds is 3. The molecule has 0 radical (unpaired) electrons. The Morgan fingerprint density at radius 1 is 1.38 bits per heavy atom. The molecular formula is C12H18FN3. The van der Waals surface area contributed by atoms with Crippen LogP contribution >= 0.6 is 0 Å². The molecule has 1 aliphatic rings. The lowest BCUT2D eigenvalue weighted by atomic mass is 9.81. The Kier molecular flexibility index (Phi) is 3.85. The van der Waals surface area contributed by atoms with Gasteiger partial charge in [0.2, 0.25) is 0 Å². The molecule has 3 nitrogen and oxygen atoms in total. The van der Waals surface area contributed by atoms with Crippen molar-refractivity contribution in [3.63, 3.8) is 0 Å². The molecule has 88 valence electrons. The predicted molar refractivity (Wildman–Crippen MR) is 60.8 cm³/mol. The van der Waals surface area contributed by atoms with Gasteiger partial charge < -0.3 is 0 Å². The number of nitrogens with one attached hydrogen (secondary N) is 1. The van der Waals surface area contributed by atoms with Crippen LogP contribution in [0.3, 0.4) is 0 Å². The van der Waals surface area contributed by atoms with E-state index in [4.69, 9.17) is 5.84 Å². The van der Waals surface area contributed by atoms with E-state index in [1.807, 2.05) is 0 Å². The molecule has 1 aromatic rings. The van der Waals surface area contributed by atoms with Crippen LogP contribution in [0.1, 0.15) is 43.7 Å². The number of hydrazine groups is 1. The van der Waals surface area contributed by atoms with Crippen LogP contribution in [0, 0.1) is 11.7 Å². The SMILES string of the molecule is NNC(c1ccncc1F)C1CCCCC1. The lowest BCUT2D eigenvalue weighted by molar-refractivity contribution is 0.268. The Labute approximate surface area is 95.2 Å². The van der Waals surface area contributed by atoms with Gasteiger partial charge in [0.15, 0.2) is 0 Å². The second-order valence-electron chi connectivity index (χ2n) is 4.44. The Morgan fingerprint density at radius 2 is 2.12 bits per heavy atom. The maximum Gasteiger partial charge on any atom is 0.146 e. The molecular weight excluding hydrogens is 205 g/mol. The Bertz CT molecular complexity index is 337. The maximum absolute atomic E-state index is 13.6. The van der Waals surface area contributed by atoms with Gasteiger partial charge in [0.25, 0.3) is 0 Å². The van der Waals surface area contributed by atoms with Crippen LogP contribution in [0.4, 0.5) is 4.39 Å². The average Bonchev–Trinajstić information content (AvgIpc) is 2.34. The molecule has 1 unspecified atom stereocenters. The van der Waals surface area contributed by atoms with Gasteiger partial charge in [-0.15, -0.1) is 0 Å². The average molecular weight is 223 g/mol. The van der Waals surface area contributed by atoms with Gasteiger partial charge in [-0.3, -0.25) is 16.3 Å². The number of nitrogens with two attached hydrogens (primary N) is 1. The van der Waals surface area contributed by atoms with Crippen molar-refractivity contribution < 1.29 is 4.39 Å². The summed E-state index contributed by atoms with van der Waals surface area (Å²) in [4.78, 5) is 3.76. The summed E-state index contributed by atoms with van der Waals surface area (Å²) < 4.78 is 13.6. The fourth-order valence-corrected chi connectivity index (χ4v) is 2.59. The number of hydrogen-bond acceptors (Lipinski definition) is 3. The van der Waals surface area contributed by atoms with E-state index >= 15 is 0 Å². The summed E-state index contributed by atoms with van der Waals surface area (Å²) in [6.07, 6.45) is 8.83. The standard InChI is InChI=1S/C12H18FN3/c13-11-8-15-7-6-10(11)12(16-14)9-4-2-1-3-5-9/h6-9,12,16H,1-5,14H2. The van der Waals surface area contributed by atoms with Crippen molar-refractivity contribution in [2.24, 2.45) is 11.8 Å². The first-order valence-corrected chi connectivity index (χ1v) is 5.88. The maximum atomic E-state index is 13.6. The third-order valence-corrected chi connectivity index (χ3v) is 3.44. The highest BCUT2D eigenvalue weighted by Crippen LogP contribution is 2.34. The lowest BCUT2D eigenvalue weighted by Crippen LogP contribution is -2.35. The van der Waals surface area contributed by atoms with Crippen LogP contribution in [0.2, 0.25) is 0 Å². The van der Waals surface area contributed by atoms with E-state index in [1.165, 1.54) is 25.5 Å². The molecule has 4 heteroatoms. The van der Waals surface area contributed by atoms with E-state index in [1.54, 1.807) is 12.3 Å². The van der Waals surface area contributed by atoms with Crippen LogP contribution in [-0.2, 0) is 0 Å². The van der Waals surface area contributed by atoms with Gasteiger partial charge >= 0.3 is 0 Å². The second kappa shape index (κ2) is 5.37. The van der Waals surface area contributed by atoms with Gasteiger partial charge in [-0.25, -0.2) is 4.39 Å². The summed E-state index contributed by atoms with van der Waals surface area (Å²) in [5.41, 5.74) is 3.40. The predicted octanol–water partition coefficient (Wildman–Crippen LogP) is 2.31. The minimum atomic E-state index is -0.268. The monoisotopic (exact) mass is 223 g/mol. The highest BCUT2D eigenvalue weighted by molar-refractivity contribution is 5.18. The van der Waals surface area contributed by atoms with Crippen LogP contribution in [0.25, 0.3) is 0 Å². The minimum absolute atomic E-state index is 0.0803. The van der Waals surface area contributed by atoms with Crippen molar-refractivity contribution in [2.45, 2.75) is 38.1 Å². The smallest absolute Gasteiger partial charge is 0.146 e. The first-order valence-electron chi connectivity index (χ1n) is 5.88. The van der Waals surface area contributed by atoms with Gasteiger partial charge in [-0.1, -0.05) is 19.3 Å². The van der Waals surface area contributed by atoms with Crippen LogP contribution < -0.4 is 11.3 Å². The first-order chi connectivity index (χ1) is 7.83. The molecule has 1 heterocycles. The zero-order chi connectivity index (χ0) is 11.4. The molecule has 3 N–H and O–H groups in total. The highest BCUT2D eigenvalue weighted by Gasteiger charge is 2.25. The normalized spacial score (nSPS) is 19.6. The van der Waals surface area contributed by atoms with E-state index < -0.39 is 0 Å². The zero-order valence-electron chi connectivity index (χ0n) is 9.32. The summed E-state index contributed by atoms with van der Waals surface area (Å²) in [5.74, 6) is 5.74. The van der Waals surface area contributed by atoms with Crippen LogP contribution in [0.15, 0.2) is 18.5 Å². The molecule has 0 bridgehead atoms. The van der Waals surface area contributed by atoms with Gasteiger partial charge in [0.05, 0.1) is 12.2 Å². The molecule has 0 saturated heterocycles. The molecule has 2 rings (SSSR count). The highest BCUT2D eigenvalue weighted by atomic mass is 19.1. The quantitative estimate of drug-likeness (QED) is 0.610. The number of nitrogens with zero attached hydrogens (tertiary/aromatic N) is 1. The van der Waals surface area contributed by atoms with E-state index in [-0.39, 0.29) is 11.9 Å². The van der Waals surface area contributed by atoms with E-state index in [0.29, 0.717) is 11.5 Å². The Morgan fingerprint density at radius 3 is 2.75 bits per heavy atom. The van der Waals surface area contributed by atoms with Crippen molar-refractivity contribution >= 4 is 0 Å². The largest absolute Gasteiger partial charge is 0.271 e. The molecule has 1 aliphatic carbocycles. The first kappa shape index (κ1) is 11.5. The zero-order valence-corrected chi connectivity index (χ0v) is 9.32. The number of hydrogen-bond donors (Lipinski definition) is 2. The van der Waals surface area contributed by atoms with E-state index in [2.05, 4.69) is 10.4 Å². The fraction of sp³-hybridized carbons (Fsp3) is 0.583. The molecule has 0 amide bonds. The van der Waals surface area contributed by atoms with Crippen LogP contribution in [-0.4, -0.2) is 4.98 Å². The van der Waals surface area contributed by atoms with Gasteiger partial charge in [0, 0.05) is 11.8 Å². The summed E-state index contributed by atoms with van der Waals surface area (Å²) in [6, 6.07) is 1.64. The summed E-state index contributed by atoms with van der Waals surface area (Å²) in [5, 5.41) is 0. The van der Waals surface area contributed by atoms with E-state index in [9.17, 15) is 4.39 Å². The van der Waals surface area contributed by atoms with Gasteiger partial charge in [-0.2, -0.15) is 0 Å². The molecule has 1 saturated carbocycles. The lowest BCUT2D eigenvalue weighted by Gasteiger charge is -2.30. The number of aromatic nitrogens is 1. The van der Waals surface area contributed by atoms with E-state index in [0.717, 1.165) is 12.8 Å². The second-order valence-corrected chi connectivity index (χ2v) is 4.44. The molecule has 1 atom stereocenters. The van der Waals surface area contributed by atoms with Crippen molar-refractivity contribution in [3.8, 4) is 0 Å². The third kappa shape index (κ3) is 2.39. The fourth-order valence-electron chi connectivity index (χ4n) is 2.59. The van der Waals surface area contributed by atoms with Crippen molar-refractivity contribution in [1.82, 2.24) is 10.4 Å². The van der Waals surface area contributed by atoms with Crippen molar-refractivity contribution in [3.05, 3.63) is 29.8 Å². The topological polar surface area (TPSA) is 50.9 Å². The minimum Gasteiger partial charge on any atom is -0.271 e. The molecule has 0 aromatic carbocycles. The Balaban J connectivity index is 2.18. The summed E-state index contributed by atoms with van der Waals surface area (Å²) >= 11 is 0. The molecule has 1 fully saturated rings. The van der Waals surface area contributed by atoms with Gasteiger partial charge in [0.1, 0.15) is 5.82 Å². The third-order valence-electron chi connectivity index (χ3n) is 3.44. The van der Waals surface area contributed by atoms with Crippen LogP contribution in [0.5, 0.6) is 0 Å². The summed E-state index contributed by atoms with van der Waals surface area (Å²) in [6.45, 7) is 0. The number of pyridine rings is 1. The molecule has 0 aliphatic heterocycles. The van der Waals surface area contributed by atoms with Crippen molar-refractivity contribution in [2.75, 3.05) is 0 Å². The molecule has 1 aromatic heterocycles.